The van der Waals surface area contributed by atoms with Crippen LogP contribution >= 0.6 is 0 Å². The van der Waals surface area contributed by atoms with E-state index in [-0.39, 0.29) is 0 Å². The van der Waals surface area contributed by atoms with E-state index in [0.29, 0.717) is 0 Å². The fourth-order valence-corrected chi connectivity index (χ4v) is 1.17. The summed E-state index contributed by atoms with van der Waals surface area (Å²) in [6.07, 6.45) is 0. The monoisotopic (exact) mass is 237 g/mol. The molecule has 0 atom stereocenters. The zero-order valence-corrected chi connectivity index (χ0v) is 8.54. The molecular formula is C8H15NO7. The van der Waals surface area contributed by atoms with Gasteiger partial charge in [-0.1, -0.05) is 0 Å². The summed E-state index contributed by atoms with van der Waals surface area (Å²) in [5, 5.41) is 44.2. The maximum absolute atomic E-state index is 10.5. The van der Waals surface area contributed by atoms with Crippen molar-refractivity contribution in [3.05, 3.63) is 0 Å². The van der Waals surface area contributed by atoms with Gasteiger partial charge in [-0.2, -0.15) is 0 Å². The third-order valence-electron chi connectivity index (χ3n) is 2.21. The Bertz CT molecular complexity index is 227. The summed E-state index contributed by atoms with van der Waals surface area (Å²) in [5.74, 6) is -2.64. The van der Waals surface area contributed by atoms with Crippen LogP contribution in [0.1, 0.15) is 0 Å². The van der Waals surface area contributed by atoms with Crippen LogP contribution < -0.4 is 0 Å². The van der Waals surface area contributed by atoms with Gasteiger partial charge in [0, 0.05) is 0 Å². The Kier molecular flexibility index (Phi) is 5.89. The Balaban J connectivity index is 4.94. The van der Waals surface area contributed by atoms with Gasteiger partial charge in [-0.3, -0.25) is 14.5 Å². The molecule has 0 aliphatic rings. The van der Waals surface area contributed by atoms with Crippen molar-refractivity contribution < 1.29 is 35.1 Å². The Morgan fingerprint density at radius 1 is 0.875 bits per heavy atom. The van der Waals surface area contributed by atoms with Gasteiger partial charge < -0.3 is 25.5 Å². The van der Waals surface area contributed by atoms with Crippen molar-refractivity contribution in [2.45, 2.75) is 5.54 Å². The van der Waals surface area contributed by atoms with Crippen LogP contribution in [0.4, 0.5) is 0 Å². The number of hydrogen-bond acceptors (Lipinski definition) is 6. The van der Waals surface area contributed by atoms with E-state index in [1.54, 1.807) is 0 Å². The fraction of sp³-hybridized carbons (Fsp3) is 0.750. The maximum atomic E-state index is 10.5. The molecule has 0 radical (unpaired) electrons. The molecule has 0 spiro atoms. The number of carboxylic acid groups (broad SMARTS) is 2. The third kappa shape index (κ3) is 3.74. The van der Waals surface area contributed by atoms with Crippen molar-refractivity contribution in [2.24, 2.45) is 0 Å². The van der Waals surface area contributed by atoms with E-state index in [9.17, 15) is 9.59 Å². The smallest absolute Gasteiger partial charge is 0.317 e. The minimum atomic E-state index is -1.66. The highest BCUT2D eigenvalue weighted by Crippen LogP contribution is 2.13. The minimum absolute atomic E-state index is 0.700. The standard InChI is InChI=1S/C8H15NO7/c10-3-8(4-11,5-12)9(1-6(13)14)2-7(15)16/h10-12H,1-5H2,(H,13,14)(H,15,16). The molecule has 0 aromatic rings. The van der Waals surface area contributed by atoms with Crippen molar-refractivity contribution in [2.75, 3.05) is 32.9 Å². The molecule has 8 nitrogen and oxygen atoms in total. The summed E-state index contributed by atoms with van der Waals surface area (Å²) in [6, 6.07) is 0. The van der Waals surface area contributed by atoms with Gasteiger partial charge in [0.15, 0.2) is 0 Å². The first-order valence-electron chi connectivity index (χ1n) is 4.43. The maximum Gasteiger partial charge on any atom is 0.317 e. The molecule has 0 aliphatic heterocycles. The Hall–Kier alpha value is -1.22. The van der Waals surface area contributed by atoms with Gasteiger partial charge in [0.05, 0.1) is 38.4 Å². The molecule has 16 heavy (non-hydrogen) atoms. The zero-order valence-electron chi connectivity index (χ0n) is 8.54. The van der Waals surface area contributed by atoms with E-state index >= 15 is 0 Å². The number of carbonyl (C=O) groups is 2. The van der Waals surface area contributed by atoms with Crippen LogP contribution in [0.3, 0.4) is 0 Å². The average Bonchev–Trinajstić information content (AvgIpc) is 2.19. The van der Waals surface area contributed by atoms with E-state index in [2.05, 4.69) is 0 Å². The number of hydrogen-bond donors (Lipinski definition) is 5. The van der Waals surface area contributed by atoms with Gasteiger partial charge >= 0.3 is 11.9 Å². The molecule has 0 saturated heterocycles. The summed E-state index contributed by atoms with van der Waals surface area (Å²) in [7, 11) is 0. The second-order valence-corrected chi connectivity index (χ2v) is 3.34. The summed E-state index contributed by atoms with van der Waals surface area (Å²) >= 11 is 0. The second kappa shape index (κ2) is 6.38. The molecule has 0 aromatic carbocycles. The number of carboxylic acids is 2. The Morgan fingerprint density at radius 2 is 1.19 bits per heavy atom. The molecule has 0 saturated carbocycles. The zero-order chi connectivity index (χ0) is 12.8. The second-order valence-electron chi connectivity index (χ2n) is 3.34. The summed E-state index contributed by atoms with van der Waals surface area (Å²) in [4.78, 5) is 21.8. The van der Waals surface area contributed by atoms with Crippen molar-refractivity contribution in [1.82, 2.24) is 4.90 Å². The lowest BCUT2D eigenvalue weighted by molar-refractivity contribution is -0.148. The summed E-state index contributed by atoms with van der Waals surface area (Å²) in [6.45, 7) is -3.65. The summed E-state index contributed by atoms with van der Waals surface area (Å²) in [5.41, 5.74) is -1.66. The predicted molar refractivity (Wildman–Crippen MR) is 50.8 cm³/mol. The van der Waals surface area contributed by atoms with E-state index in [4.69, 9.17) is 25.5 Å². The normalized spacial score (nSPS) is 11.8. The average molecular weight is 237 g/mol. The molecule has 0 aromatic heterocycles. The molecule has 0 rings (SSSR count). The van der Waals surface area contributed by atoms with Crippen LogP contribution in [0.2, 0.25) is 0 Å². The van der Waals surface area contributed by atoms with Gasteiger partial charge in [0.2, 0.25) is 0 Å². The number of rotatable bonds is 8. The number of aliphatic hydroxyl groups excluding tert-OH is 3. The number of nitrogens with zero attached hydrogens (tertiary/aromatic N) is 1. The lowest BCUT2D eigenvalue weighted by atomic mass is 10.0. The van der Waals surface area contributed by atoms with Gasteiger partial charge in [0.1, 0.15) is 0 Å². The fourth-order valence-electron chi connectivity index (χ4n) is 1.17. The molecule has 5 N–H and O–H groups in total. The van der Waals surface area contributed by atoms with Gasteiger partial charge in [-0.15, -0.1) is 0 Å². The number of aliphatic hydroxyl groups is 3. The van der Waals surface area contributed by atoms with Gasteiger partial charge in [0.25, 0.3) is 0 Å². The Labute approximate surface area is 91.3 Å². The number of aliphatic carboxylic acids is 2. The van der Waals surface area contributed by atoms with Crippen LogP contribution in [-0.2, 0) is 9.59 Å². The molecule has 0 aliphatic carbocycles. The van der Waals surface area contributed by atoms with Crippen LogP contribution in [0.15, 0.2) is 0 Å². The highest BCUT2D eigenvalue weighted by molar-refractivity contribution is 5.72. The van der Waals surface area contributed by atoms with E-state index in [1.165, 1.54) is 0 Å². The lowest BCUT2D eigenvalue weighted by Gasteiger charge is -2.38. The first kappa shape index (κ1) is 14.8. The molecule has 0 fully saturated rings. The SMILES string of the molecule is O=C(O)CN(CC(=O)O)C(CO)(CO)CO. The molecule has 94 valence electrons. The molecule has 8 heteroatoms. The largest absolute Gasteiger partial charge is 0.480 e. The topological polar surface area (TPSA) is 139 Å². The van der Waals surface area contributed by atoms with Crippen LogP contribution in [0, 0.1) is 0 Å². The van der Waals surface area contributed by atoms with E-state index in [1.807, 2.05) is 0 Å². The highest BCUT2D eigenvalue weighted by atomic mass is 16.4. The van der Waals surface area contributed by atoms with Crippen LogP contribution in [-0.4, -0.2) is 80.8 Å². The molecule has 0 bridgehead atoms. The highest BCUT2D eigenvalue weighted by Gasteiger charge is 2.37. The lowest BCUT2D eigenvalue weighted by Crippen LogP contribution is -2.59. The molecule has 0 amide bonds. The van der Waals surface area contributed by atoms with Crippen LogP contribution in [0.5, 0.6) is 0 Å². The van der Waals surface area contributed by atoms with Crippen LogP contribution in [0.25, 0.3) is 0 Å². The quantitative estimate of drug-likeness (QED) is 0.304. The third-order valence-corrected chi connectivity index (χ3v) is 2.21. The Morgan fingerprint density at radius 3 is 1.38 bits per heavy atom. The minimum Gasteiger partial charge on any atom is -0.480 e. The van der Waals surface area contributed by atoms with Crippen molar-refractivity contribution >= 4 is 11.9 Å². The van der Waals surface area contributed by atoms with Gasteiger partial charge in [-0.25, -0.2) is 0 Å². The predicted octanol–water partition coefficient (Wildman–Crippen LogP) is -2.83. The van der Waals surface area contributed by atoms with Gasteiger partial charge in [-0.05, 0) is 0 Å². The first-order chi connectivity index (χ1) is 7.41. The molecule has 0 heterocycles. The first-order valence-corrected chi connectivity index (χ1v) is 4.43. The van der Waals surface area contributed by atoms with E-state index < -0.39 is 50.4 Å². The van der Waals surface area contributed by atoms with Crippen molar-refractivity contribution in [3.8, 4) is 0 Å². The van der Waals surface area contributed by atoms with E-state index in [0.717, 1.165) is 4.90 Å². The van der Waals surface area contributed by atoms with Crippen molar-refractivity contribution in [3.63, 3.8) is 0 Å². The van der Waals surface area contributed by atoms with Crippen molar-refractivity contribution in [1.29, 1.82) is 0 Å². The molecular weight excluding hydrogens is 222 g/mol. The molecule has 0 unspecified atom stereocenters. The summed E-state index contributed by atoms with van der Waals surface area (Å²) < 4.78 is 0.